The Morgan fingerprint density at radius 1 is 1.24 bits per heavy atom. The number of amides is 1. The summed E-state index contributed by atoms with van der Waals surface area (Å²) in [6.07, 6.45) is 4.60. The predicted octanol–water partition coefficient (Wildman–Crippen LogP) is 2.72. The van der Waals surface area contributed by atoms with Gasteiger partial charge in [-0.2, -0.15) is 0 Å². The number of anilines is 2. The minimum atomic E-state index is -0.381. The molecule has 0 atom stereocenters. The van der Waals surface area contributed by atoms with Gasteiger partial charge in [0, 0.05) is 31.5 Å². The quantitative estimate of drug-likeness (QED) is 0.902. The van der Waals surface area contributed by atoms with Crippen LogP contribution >= 0.6 is 0 Å². The molecule has 130 valence electrons. The molecule has 0 bridgehead atoms. The van der Waals surface area contributed by atoms with Gasteiger partial charge in [-0.15, -0.1) is 0 Å². The molecule has 0 spiro atoms. The Labute approximate surface area is 146 Å². The third kappa shape index (κ3) is 3.22. The first-order valence-corrected chi connectivity index (χ1v) is 8.76. The number of aromatic nitrogens is 1. The Kier molecular flexibility index (Phi) is 4.36. The van der Waals surface area contributed by atoms with Crippen LogP contribution < -0.4 is 15.5 Å². The van der Waals surface area contributed by atoms with Crippen LogP contribution in [0.25, 0.3) is 0 Å². The SMILES string of the molecule is O=C(Nc1ccc2c(c1F)CCNC2)c1cc(N2CCCC2)ccn1. The number of pyridine rings is 1. The smallest absolute Gasteiger partial charge is 0.274 e. The summed E-state index contributed by atoms with van der Waals surface area (Å²) in [4.78, 5) is 18.9. The summed E-state index contributed by atoms with van der Waals surface area (Å²) in [7, 11) is 0. The minimum absolute atomic E-state index is 0.221. The van der Waals surface area contributed by atoms with E-state index in [1.807, 2.05) is 12.1 Å². The van der Waals surface area contributed by atoms with Crippen molar-refractivity contribution in [3.05, 3.63) is 53.1 Å². The van der Waals surface area contributed by atoms with Crippen molar-refractivity contribution in [1.82, 2.24) is 10.3 Å². The third-order valence-electron chi connectivity index (χ3n) is 4.90. The van der Waals surface area contributed by atoms with Crippen LogP contribution in [-0.4, -0.2) is 30.5 Å². The van der Waals surface area contributed by atoms with Crippen LogP contribution in [-0.2, 0) is 13.0 Å². The molecular formula is C19H21FN4O. The second kappa shape index (κ2) is 6.80. The zero-order valence-corrected chi connectivity index (χ0v) is 14.0. The molecule has 2 aliphatic rings. The van der Waals surface area contributed by atoms with Gasteiger partial charge >= 0.3 is 0 Å². The highest BCUT2D eigenvalue weighted by molar-refractivity contribution is 6.03. The van der Waals surface area contributed by atoms with E-state index in [4.69, 9.17) is 0 Å². The van der Waals surface area contributed by atoms with Gasteiger partial charge < -0.3 is 15.5 Å². The van der Waals surface area contributed by atoms with Gasteiger partial charge in [0.1, 0.15) is 11.5 Å². The number of nitrogens with one attached hydrogen (secondary N) is 2. The molecule has 2 N–H and O–H groups in total. The Morgan fingerprint density at radius 3 is 2.92 bits per heavy atom. The van der Waals surface area contributed by atoms with Crippen LogP contribution in [0.5, 0.6) is 0 Å². The fourth-order valence-electron chi connectivity index (χ4n) is 3.53. The average molecular weight is 340 g/mol. The molecular weight excluding hydrogens is 319 g/mol. The first-order chi connectivity index (χ1) is 12.2. The number of nitrogens with zero attached hydrogens (tertiary/aromatic N) is 2. The van der Waals surface area contributed by atoms with Gasteiger partial charge in [-0.1, -0.05) is 6.07 Å². The normalized spacial score (nSPS) is 16.6. The van der Waals surface area contributed by atoms with Gasteiger partial charge in [-0.3, -0.25) is 9.78 Å². The van der Waals surface area contributed by atoms with Crippen molar-refractivity contribution in [2.45, 2.75) is 25.8 Å². The van der Waals surface area contributed by atoms with Gasteiger partial charge in [-0.05, 0) is 55.1 Å². The van der Waals surface area contributed by atoms with E-state index in [-0.39, 0.29) is 17.4 Å². The van der Waals surface area contributed by atoms with Gasteiger partial charge in [0.2, 0.25) is 0 Å². The van der Waals surface area contributed by atoms with Crippen molar-refractivity contribution < 1.29 is 9.18 Å². The lowest BCUT2D eigenvalue weighted by Gasteiger charge is -2.20. The molecule has 3 heterocycles. The van der Waals surface area contributed by atoms with Crippen LogP contribution in [0.2, 0.25) is 0 Å². The molecule has 1 aromatic heterocycles. The molecule has 5 nitrogen and oxygen atoms in total. The Bertz CT molecular complexity index is 802. The van der Waals surface area contributed by atoms with Crippen LogP contribution in [0, 0.1) is 5.82 Å². The minimum Gasteiger partial charge on any atom is -0.371 e. The second-order valence-electron chi connectivity index (χ2n) is 6.54. The van der Waals surface area contributed by atoms with Crippen molar-refractivity contribution >= 4 is 17.3 Å². The van der Waals surface area contributed by atoms with Gasteiger partial charge in [0.25, 0.3) is 5.91 Å². The molecule has 1 aromatic carbocycles. The molecule has 1 fully saturated rings. The van der Waals surface area contributed by atoms with E-state index in [0.717, 1.165) is 30.9 Å². The van der Waals surface area contributed by atoms with E-state index in [0.29, 0.717) is 24.2 Å². The molecule has 0 aliphatic carbocycles. The topological polar surface area (TPSA) is 57.3 Å². The van der Waals surface area contributed by atoms with Gasteiger partial charge in [0.15, 0.2) is 0 Å². The Hall–Kier alpha value is -2.47. The van der Waals surface area contributed by atoms with E-state index in [9.17, 15) is 9.18 Å². The van der Waals surface area contributed by atoms with E-state index >= 15 is 0 Å². The van der Waals surface area contributed by atoms with Gasteiger partial charge in [0.05, 0.1) is 5.69 Å². The molecule has 1 saturated heterocycles. The first kappa shape index (κ1) is 16.0. The molecule has 25 heavy (non-hydrogen) atoms. The van der Waals surface area contributed by atoms with Crippen molar-refractivity contribution in [2.24, 2.45) is 0 Å². The molecule has 4 rings (SSSR count). The van der Waals surface area contributed by atoms with Crippen molar-refractivity contribution in [3.63, 3.8) is 0 Å². The van der Waals surface area contributed by atoms with E-state index < -0.39 is 0 Å². The molecule has 2 aromatic rings. The van der Waals surface area contributed by atoms with Crippen LogP contribution in [0.15, 0.2) is 30.5 Å². The summed E-state index contributed by atoms with van der Waals surface area (Å²) in [6, 6.07) is 7.19. The lowest BCUT2D eigenvalue weighted by Crippen LogP contribution is -2.25. The number of hydrogen-bond donors (Lipinski definition) is 2. The predicted molar refractivity (Wildman–Crippen MR) is 95.4 cm³/mol. The maximum Gasteiger partial charge on any atom is 0.274 e. The lowest BCUT2D eigenvalue weighted by atomic mass is 9.99. The standard InChI is InChI=1S/C19H21FN4O/c20-18-15-6-7-21-12-13(15)3-4-16(18)23-19(25)17-11-14(5-8-22-17)24-9-1-2-10-24/h3-5,8,11,21H,1-2,6-7,9-10,12H2,(H,23,25). The number of fused-ring (bicyclic) bond motifs is 1. The van der Waals surface area contributed by atoms with Crippen LogP contribution in [0.3, 0.4) is 0 Å². The van der Waals surface area contributed by atoms with E-state index in [1.54, 1.807) is 18.3 Å². The number of benzene rings is 1. The lowest BCUT2D eigenvalue weighted by molar-refractivity contribution is 0.102. The fraction of sp³-hybridized carbons (Fsp3) is 0.368. The highest BCUT2D eigenvalue weighted by Crippen LogP contribution is 2.25. The molecule has 0 radical (unpaired) electrons. The van der Waals surface area contributed by atoms with Crippen molar-refractivity contribution in [2.75, 3.05) is 29.9 Å². The summed E-state index contributed by atoms with van der Waals surface area (Å²) in [5.74, 6) is -0.711. The number of halogens is 1. The monoisotopic (exact) mass is 340 g/mol. The summed E-state index contributed by atoms with van der Waals surface area (Å²) < 4.78 is 14.7. The zero-order chi connectivity index (χ0) is 17.2. The van der Waals surface area contributed by atoms with Crippen LogP contribution in [0.4, 0.5) is 15.8 Å². The molecule has 1 amide bonds. The summed E-state index contributed by atoms with van der Waals surface area (Å²) in [6.45, 7) is 3.41. The fourth-order valence-corrected chi connectivity index (χ4v) is 3.53. The summed E-state index contributed by atoms with van der Waals surface area (Å²) >= 11 is 0. The maximum absolute atomic E-state index is 14.7. The Balaban J connectivity index is 1.55. The molecule has 0 saturated carbocycles. The van der Waals surface area contributed by atoms with E-state index in [2.05, 4.69) is 20.5 Å². The average Bonchev–Trinajstić information content (AvgIpc) is 3.19. The highest BCUT2D eigenvalue weighted by Gasteiger charge is 2.19. The zero-order valence-electron chi connectivity index (χ0n) is 14.0. The van der Waals surface area contributed by atoms with Crippen molar-refractivity contribution in [3.8, 4) is 0 Å². The van der Waals surface area contributed by atoms with Crippen LogP contribution in [0.1, 0.15) is 34.5 Å². The molecule has 6 heteroatoms. The highest BCUT2D eigenvalue weighted by atomic mass is 19.1. The molecule has 2 aliphatic heterocycles. The third-order valence-corrected chi connectivity index (χ3v) is 4.90. The number of carbonyl (C=O) groups excluding carboxylic acids is 1. The van der Waals surface area contributed by atoms with Crippen molar-refractivity contribution in [1.29, 1.82) is 0 Å². The number of carbonyl (C=O) groups is 1. The second-order valence-corrected chi connectivity index (χ2v) is 6.54. The largest absolute Gasteiger partial charge is 0.371 e. The Morgan fingerprint density at radius 2 is 2.08 bits per heavy atom. The summed E-state index contributed by atoms with van der Waals surface area (Å²) in [5.41, 5.74) is 3.17. The first-order valence-electron chi connectivity index (χ1n) is 8.76. The van der Waals surface area contributed by atoms with Gasteiger partial charge in [-0.25, -0.2) is 4.39 Å². The molecule has 0 unspecified atom stereocenters. The van der Waals surface area contributed by atoms with E-state index in [1.165, 1.54) is 12.8 Å². The number of rotatable bonds is 3. The maximum atomic E-state index is 14.7. The number of hydrogen-bond acceptors (Lipinski definition) is 4. The summed E-state index contributed by atoms with van der Waals surface area (Å²) in [5, 5.41) is 5.90.